The number of rotatable bonds is 8. The fraction of sp³-hybridized carbons (Fsp3) is 0.412. The zero-order valence-electron chi connectivity index (χ0n) is 14.0. The Bertz CT molecular complexity index is 689. The van der Waals surface area contributed by atoms with Crippen molar-refractivity contribution < 1.29 is 24.3 Å². The third-order valence-electron chi connectivity index (χ3n) is 3.85. The molecular formula is C17H21N3O5. The van der Waals surface area contributed by atoms with Crippen LogP contribution in [0.1, 0.15) is 24.8 Å². The lowest BCUT2D eigenvalue weighted by molar-refractivity contribution is -0.137. The number of urea groups is 1. The Kier molecular flexibility index (Phi) is 6.10. The van der Waals surface area contributed by atoms with Crippen LogP contribution in [-0.2, 0) is 20.8 Å². The predicted molar refractivity (Wildman–Crippen MR) is 90.0 cm³/mol. The summed E-state index contributed by atoms with van der Waals surface area (Å²) in [6.07, 6.45) is 0.992. The number of carbonyl (C=O) groups excluding carboxylic acids is 3. The van der Waals surface area contributed by atoms with Gasteiger partial charge in [-0.2, -0.15) is 0 Å². The Hall–Kier alpha value is -2.90. The first-order valence-electron chi connectivity index (χ1n) is 8.03. The highest BCUT2D eigenvalue weighted by molar-refractivity contribution is 6.01. The molecule has 0 saturated carbocycles. The number of carbonyl (C=O) groups is 4. The number of hydrogen-bond acceptors (Lipinski definition) is 4. The summed E-state index contributed by atoms with van der Waals surface area (Å²) in [5.41, 5.74) is 1.43. The van der Waals surface area contributed by atoms with E-state index in [1.807, 2.05) is 0 Å². The Labute approximate surface area is 145 Å². The van der Waals surface area contributed by atoms with Crippen molar-refractivity contribution >= 4 is 29.5 Å². The molecule has 1 aromatic rings. The van der Waals surface area contributed by atoms with Gasteiger partial charge < -0.3 is 15.3 Å². The Morgan fingerprint density at radius 2 is 2.00 bits per heavy atom. The van der Waals surface area contributed by atoms with E-state index in [9.17, 15) is 19.2 Å². The summed E-state index contributed by atoms with van der Waals surface area (Å²) < 4.78 is 0. The number of hydrogen-bond donors (Lipinski definition) is 2. The molecule has 1 heterocycles. The largest absolute Gasteiger partial charge is 0.481 e. The number of aryl methyl sites for hydroxylation is 1. The first-order valence-corrected chi connectivity index (χ1v) is 8.03. The average molecular weight is 347 g/mol. The second-order valence-electron chi connectivity index (χ2n) is 5.93. The Morgan fingerprint density at radius 3 is 2.64 bits per heavy atom. The van der Waals surface area contributed by atoms with Crippen LogP contribution in [0.15, 0.2) is 24.3 Å². The molecule has 2 rings (SSSR count). The number of amides is 4. The molecule has 0 spiro atoms. The summed E-state index contributed by atoms with van der Waals surface area (Å²) in [6.45, 7) is 0.294. The molecule has 134 valence electrons. The summed E-state index contributed by atoms with van der Waals surface area (Å²) in [5.74, 6) is -1.34. The minimum Gasteiger partial charge on any atom is -0.481 e. The standard InChI is InChI=1S/C17H21N3O5/c1-19-11-15(22)20(17(19)25)9-3-6-14(21)18-13-5-2-4-12(10-13)7-8-16(23)24/h2,4-5,10H,3,6-9,11H2,1H3,(H,18,21)(H,23,24). The molecule has 2 N–H and O–H groups in total. The number of aliphatic carboxylic acids is 1. The van der Waals surface area contributed by atoms with Gasteiger partial charge in [0.25, 0.3) is 0 Å². The smallest absolute Gasteiger partial charge is 0.326 e. The van der Waals surface area contributed by atoms with Crippen molar-refractivity contribution in [2.24, 2.45) is 0 Å². The highest BCUT2D eigenvalue weighted by atomic mass is 16.4. The quantitative estimate of drug-likeness (QED) is 0.690. The van der Waals surface area contributed by atoms with E-state index in [-0.39, 0.29) is 43.8 Å². The van der Waals surface area contributed by atoms with Crippen LogP contribution >= 0.6 is 0 Å². The molecule has 0 unspecified atom stereocenters. The van der Waals surface area contributed by atoms with Crippen molar-refractivity contribution in [3.05, 3.63) is 29.8 Å². The highest BCUT2D eigenvalue weighted by Gasteiger charge is 2.32. The maximum absolute atomic E-state index is 12.0. The number of nitrogens with zero attached hydrogens (tertiary/aromatic N) is 2. The maximum Gasteiger partial charge on any atom is 0.326 e. The predicted octanol–water partition coefficient (Wildman–Crippen LogP) is 1.32. The van der Waals surface area contributed by atoms with E-state index in [0.717, 1.165) is 10.5 Å². The minimum absolute atomic E-state index is 0.0315. The summed E-state index contributed by atoms with van der Waals surface area (Å²) in [5, 5.41) is 11.4. The van der Waals surface area contributed by atoms with Crippen LogP contribution in [0.2, 0.25) is 0 Å². The number of benzene rings is 1. The number of imide groups is 1. The highest BCUT2D eigenvalue weighted by Crippen LogP contribution is 2.14. The number of nitrogens with one attached hydrogen (secondary N) is 1. The molecule has 1 aliphatic rings. The monoisotopic (exact) mass is 347 g/mol. The molecule has 0 aliphatic carbocycles. The lowest BCUT2D eigenvalue weighted by atomic mass is 10.1. The molecule has 0 atom stereocenters. The van der Waals surface area contributed by atoms with Crippen LogP contribution in [0.4, 0.5) is 10.5 Å². The molecule has 1 saturated heterocycles. The first kappa shape index (κ1) is 18.4. The molecule has 0 radical (unpaired) electrons. The van der Waals surface area contributed by atoms with Gasteiger partial charge in [-0.3, -0.25) is 19.3 Å². The molecule has 8 heteroatoms. The van der Waals surface area contributed by atoms with E-state index in [0.29, 0.717) is 18.5 Å². The number of carboxylic acids is 1. The van der Waals surface area contributed by atoms with Gasteiger partial charge >= 0.3 is 12.0 Å². The van der Waals surface area contributed by atoms with Crippen molar-refractivity contribution in [3.8, 4) is 0 Å². The van der Waals surface area contributed by atoms with Gasteiger partial charge in [0.1, 0.15) is 6.54 Å². The van der Waals surface area contributed by atoms with Crippen molar-refractivity contribution in [2.45, 2.75) is 25.7 Å². The van der Waals surface area contributed by atoms with E-state index in [1.165, 1.54) is 4.90 Å². The number of likely N-dealkylation sites (N-methyl/N-ethyl adjacent to an activating group) is 1. The molecule has 1 aromatic carbocycles. The molecule has 0 aromatic heterocycles. The molecule has 1 fully saturated rings. The molecule has 8 nitrogen and oxygen atoms in total. The van der Waals surface area contributed by atoms with Gasteiger partial charge in [-0.1, -0.05) is 12.1 Å². The SMILES string of the molecule is CN1CC(=O)N(CCCC(=O)Nc2cccc(CCC(=O)O)c2)C1=O. The fourth-order valence-corrected chi connectivity index (χ4v) is 2.57. The second kappa shape index (κ2) is 8.27. The third kappa shape index (κ3) is 5.30. The van der Waals surface area contributed by atoms with Gasteiger partial charge in [0.2, 0.25) is 11.8 Å². The molecule has 25 heavy (non-hydrogen) atoms. The molecule has 0 bridgehead atoms. The van der Waals surface area contributed by atoms with Gasteiger partial charge in [0.15, 0.2) is 0 Å². The van der Waals surface area contributed by atoms with Crippen LogP contribution in [0.5, 0.6) is 0 Å². The zero-order chi connectivity index (χ0) is 18.4. The van der Waals surface area contributed by atoms with E-state index >= 15 is 0 Å². The van der Waals surface area contributed by atoms with E-state index in [2.05, 4.69) is 5.32 Å². The van der Waals surface area contributed by atoms with Gasteiger partial charge in [0.05, 0.1) is 0 Å². The maximum atomic E-state index is 12.0. The lowest BCUT2D eigenvalue weighted by Crippen LogP contribution is -2.32. The van der Waals surface area contributed by atoms with Gasteiger partial charge in [-0.15, -0.1) is 0 Å². The van der Waals surface area contributed by atoms with Crippen LogP contribution in [0, 0.1) is 0 Å². The Balaban J connectivity index is 1.78. The summed E-state index contributed by atoms with van der Waals surface area (Å²) in [7, 11) is 1.56. The van der Waals surface area contributed by atoms with Gasteiger partial charge in [-0.05, 0) is 30.5 Å². The minimum atomic E-state index is -0.869. The second-order valence-corrected chi connectivity index (χ2v) is 5.93. The fourth-order valence-electron chi connectivity index (χ4n) is 2.57. The lowest BCUT2D eigenvalue weighted by Gasteiger charge is -2.13. The Morgan fingerprint density at radius 1 is 1.24 bits per heavy atom. The van der Waals surface area contributed by atoms with Crippen LogP contribution in [-0.4, -0.2) is 58.9 Å². The van der Waals surface area contributed by atoms with Gasteiger partial charge in [-0.25, -0.2) is 4.79 Å². The van der Waals surface area contributed by atoms with Crippen LogP contribution in [0.3, 0.4) is 0 Å². The van der Waals surface area contributed by atoms with Gasteiger partial charge in [0, 0.05) is 32.1 Å². The molecular weight excluding hydrogens is 326 g/mol. The first-order chi connectivity index (χ1) is 11.9. The summed E-state index contributed by atoms with van der Waals surface area (Å²) >= 11 is 0. The third-order valence-corrected chi connectivity index (χ3v) is 3.85. The van der Waals surface area contributed by atoms with Crippen LogP contribution in [0.25, 0.3) is 0 Å². The van der Waals surface area contributed by atoms with Crippen molar-refractivity contribution in [2.75, 3.05) is 25.5 Å². The summed E-state index contributed by atoms with van der Waals surface area (Å²) in [6, 6.07) is 6.69. The summed E-state index contributed by atoms with van der Waals surface area (Å²) in [4.78, 5) is 48.4. The van der Waals surface area contributed by atoms with Crippen molar-refractivity contribution in [3.63, 3.8) is 0 Å². The van der Waals surface area contributed by atoms with Crippen LogP contribution < -0.4 is 5.32 Å². The number of anilines is 1. The normalized spacial score (nSPS) is 14.1. The topological polar surface area (TPSA) is 107 Å². The van der Waals surface area contributed by atoms with E-state index < -0.39 is 5.97 Å². The van der Waals surface area contributed by atoms with E-state index in [1.54, 1.807) is 31.3 Å². The van der Waals surface area contributed by atoms with Crippen molar-refractivity contribution in [1.29, 1.82) is 0 Å². The van der Waals surface area contributed by atoms with E-state index in [4.69, 9.17) is 5.11 Å². The van der Waals surface area contributed by atoms with Crippen molar-refractivity contribution in [1.82, 2.24) is 9.80 Å². The molecule has 4 amide bonds. The average Bonchev–Trinajstić information content (AvgIpc) is 2.79. The number of carboxylic acid groups (broad SMARTS) is 1. The molecule has 1 aliphatic heterocycles. The zero-order valence-corrected chi connectivity index (χ0v) is 14.0.